The van der Waals surface area contributed by atoms with Gasteiger partial charge in [-0.05, 0) is 18.4 Å². The van der Waals surface area contributed by atoms with E-state index in [1.165, 1.54) is 19.3 Å². The molecule has 0 unspecified atom stereocenters. The quantitative estimate of drug-likeness (QED) is 0.731. The predicted molar refractivity (Wildman–Crippen MR) is 74.8 cm³/mol. The van der Waals surface area contributed by atoms with E-state index in [1.807, 2.05) is 30.3 Å². The van der Waals surface area contributed by atoms with Crippen molar-refractivity contribution in [1.82, 2.24) is 0 Å². The molecule has 1 fully saturated rings. The summed E-state index contributed by atoms with van der Waals surface area (Å²) in [6.45, 7) is 1.22. The highest BCUT2D eigenvalue weighted by molar-refractivity contribution is 5.62. The number of aliphatic hydroxyl groups is 2. The van der Waals surface area contributed by atoms with Gasteiger partial charge < -0.3 is 15.3 Å². The lowest BCUT2D eigenvalue weighted by molar-refractivity contribution is -0.134. The van der Waals surface area contributed by atoms with Crippen molar-refractivity contribution < 1.29 is 20.1 Å². The second-order valence-electron chi connectivity index (χ2n) is 4.45. The number of carbonyl (C=O) groups is 1. The summed E-state index contributed by atoms with van der Waals surface area (Å²) in [7, 11) is 0. The maximum atomic E-state index is 9.00. The molecular formula is C15H24O4. The molecule has 1 aliphatic rings. The molecule has 0 aromatic heterocycles. The molecule has 4 heteroatoms. The van der Waals surface area contributed by atoms with Gasteiger partial charge in [-0.2, -0.15) is 0 Å². The molecule has 0 spiro atoms. The van der Waals surface area contributed by atoms with Crippen LogP contribution in [-0.4, -0.2) is 27.4 Å². The maximum absolute atomic E-state index is 9.00. The average molecular weight is 268 g/mol. The van der Waals surface area contributed by atoms with Crippen LogP contribution in [0.25, 0.3) is 0 Å². The smallest absolute Gasteiger partial charge is 0.300 e. The van der Waals surface area contributed by atoms with Crippen LogP contribution in [0.15, 0.2) is 30.3 Å². The standard InChI is InChI=1S/C7H8O.C6H12O.C2H4O2/c8-6-7-4-2-1-3-5-7;7-6-4-2-1-3-5-6;1-2(3)4/h1-5,8H,6H2;6-7H,1-5H2;1H3,(H,3,4). The van der Waals surface area contributed by atoms with Crippen molar-refractivity contribution >= 4 is 5.97 Å². The number of aliphatic carboxylic acids is 1. The molecule has 1 saturated carbocycles. The van der Waals surface area contributed by atoms with Crippen molar-refractivity contribution in [3.8, 4) is 0 Å². The first kappa shape index (κ1) is 17.6. The van der Waals surface area contributed by atoms with Gasteiger partial charge in [0, 0.05) is 6.92 Å². The Balaban J connectivity index is 0.000000272. The Labute approximate surface area is 114 Å². The Hall–Kier alpha value is -1.39. The zero-order valence-electron chi connectivity index (χ0n) is 11.5. The van der Waals surface area contributed by atoms with Crippen LogP contribution >= 0.6 is 0 Å². The van der Waals surface area contributed by atoms with E-state index in [2.05, 4.69) is 0 Å². The zero-order chi connectivity index (χ0) is 14.5. The molecule has 1 aromatic rings. The Bertz CT molecular complexity index is 314. The van der Waals surface area contributed by atoms with Gasteiger partial charge in [0.2, 0.25) is 0 Å². The van der Waals surface area contributed by atoms with Crippen LogP contribution in [0.2, 0.25) is 0 Å². The van der Waals surface area contributed by atoms with Crippen LogP contribution in [0.4, 0.5) is 0 Å². The summed E-state index contributed by atoms with van der Waals surface area (Å²) in [5.41, 5.74) is 0.965. The summed E-state index contributed by atoms with van der Waals surface area (Å²) >= 11 is 0. The highest BCUT2D eigenvalue weighted by atomic mass is 16.4. The molecule has 2 rings (SSSR count). The lowest BCUT2D eigenvalue weighted by Crippen LogP contribution is -2.09. The molecular weight excluding hydrogens is 244 g/mol. The van der Waals surface area contributed by atoms with Crippen molar-refractivity contribution in [2.45, 2.75) is 51.7 Å². The molecule has 0 atom stereocenters. The Morgan fingerprint density at radius 1 is 1.16 bits per heavy atom. The minimum absolute atomic E-state index is 0.0359. The third-order valence-corrected chi connectivity index (χ3v) is 2.60. The normalized spacial score (nSPS) is 14.5. The van der Waals surface area contributed by atoms with Gasteiger partial charge in [0.25, 0.3) is 5.97 Å². The molecule has 19 heavy (non-hydrogen) atoms. The molecule has 0 heterocycles. The number of carboxylic acid groups (broad SMARTS) is 1. The third kappa shape index (κ3) is 12.9. The largest absolute Gasteiger partial charge is 0.481 e. The molecule has 3 N–H and O–H groups in total. The third-order valence-electron chi connectivity index (χ3n) is 2.60. The monoisotopic (exact) mass is 268 g/mol. The van der Waals surface area contributed by atoms with E-state index < -0.39 is 5.97 Å². The lowest BCUT2D eigenvalue weighted by atomic mass is 9.98. The van der Waals surface area contributed by atoms with Gasteiger partial charge in [0.05, 0.1) is 12.7 Å². The molecule has 0 radical (unpaired) electrons. The minimum atomic E-state index is -0.833. The Morgan fingerprint density at radius 3 is 1.89 bits per heavy atom. The summed E-state index contributed by atoms with van der Waals surface area (Å²) in [4.78, 5) is 9.00. The predicted octanol–water partition coefficient (Wildman–Crippen LogP) is 2.58. The summed E-state index contributed by atoms with van der Waals surface area (Å²) < 4.78 is 0. The molecule has 0 amide bonds. The Morgan fingerprint density at radius 2 is 1.63 bits per heavy atom. The van der Waals surface area contributed by atoms with Crippen LogP contribution < -0.4 is 0 Å². The summed E-state index contributed by atoms with van der Waals surface area (Å²) in [6.07, 6.45) is 5.92. The van der Waals surface area contributed by atoms with E-state index in [0.717, 1.165) is 25.3 Å². The molecule has 1 aliphatic carbocycles. The SMILES string of the molecule is CC(=O)O.OC1CCCCC1.OCc1ccccc1. The average Bonchev–Trinajstić information content (AvgIpc) is 2.41. The first-order valence-electron chi connectivity index (χ1n) is 6.58. The van der Waals surface area contributed by atoms with Gasteiger partial charge in [-0.1, -0.05) is 49.6 Å². The van der Waals surface area contributed by atoms with Gasteiger partial charge in [-0.25, -0.2) is 0 Å². The van der Waals surface area contributed by atoms with E-state index in [4.69, 9.17) is 20.1 Å². The second-order valence-corrected chi connectivity index (χ2v) is 4.45. The van der Waals surface area contributed by atoms with Gasteiger partial charge in [0.15, 0.2) is 0 Å². The van der Waals surface area contributed by atoms with Gasteiger partial charge in [0.1, 0.15) is 0 Å². The van der Waals surface area contributed by atoms with Crippen LogP contribution in [0, 0.1) is 0 Å². The minimum Gasteiger partial charge on any atom is -0.481 e. The van der Waals surface area contributed by atoms with Crippen molar-refractivity contribution in [3.63, 3.8) is 0 Å². The Kier molecular flexibility index (Phi) is 10.8. The number of aliphatic hydroxyl groups excluding tert-OH is 2. The molecule has 108 valence electrons. The molecule has 1 aromatic carbocycles. The summed E-state index contributed by atoms with van der Waals surface area (Å²) in [5.74, 6) is -0.833. The highest BCUT2D eigenvalue weighted by Gasteiger charge is 2.07. The van der Waals surface area contributed by atoms with Crippen molar-refractivity contribution in [1.29, 1.82) is 0 Å². The highest BCUT2D eigenvalue weighted by Crippen LogP contribution is 2.16. The van der Waals surface area contributed by atoms with Gasteiger partial charge >= 0.3 is 0 Å². The van der Waals surface area contributed by atoms with Gasteiger partial charge in [-0.15, -0.1) is 0 Å². The molecule has 0 saturated heterocycles. The fourth-order valence-corrected chi connectivity index (χ4v) is 1.66. The number of benzene rings is 1. The fraction of sp³-hybridized carbons (Fsp3) is 0.533. The van der Waals surface area contributed by atoms with E-state index in [1.54, 1.807) is 0 Å². The molecule has 4 nitrogen and oxygen atoms in total. The van der Waals surface area contributed by atoms with Crippen molar-refractivity contribution in [3.05, 3.63) is 35.9 Å². The molecule has 0 aliphatic heterocycles. The van der Waals surface area contributed by atoms with Crippen molar-refractivity contribution in [2.75, 3.05) is 0 Å². The maximum Gasteiger partial charge on any atom is 0.300 e. The van der Waals surface area contributed by atoms with E-state index in [9.17, 15) is 0 Å². The lowest BCUT2D eigenvalue weighted by Gasteiger charge is -2.14. The zero-order valence-corrected chi connectivity index (χ0v) is 11.5. The van der Waals surface area contributed by atoms with E-state index >= 15 is 0 Å². The van der Waals surface area contributed by atoms with Crippen LogP contribution in [0.3, 0.4) is 0 Å². The van der Waals surface area contributed by atoms with E-state index in [0.29, 0.717) is 0 Å². The van der Waals surface area contributed by atoms with E-state index in [-0.39, 0.29) is 12.7 Å². The molecule has 0 bridgehead atoms. The topological polar surface area (TPSA) is 77.8 Å². The van der Waals surface area contributed by atoms with Crippen LogP contribution in [0.5, 0.6) is 0 Å². The number of rotatable bonds is 1. The van der Waals surface area contributed by atoms with Crippen LogP contribution in [0.1, 0.15) is 44.6 Å². The first-order valence-corrected chi connectivity index (χ1v) is 6.58. The van der Waals surface area contributed by atoms with Crippen molar-refractivity contribution in [2.24, 2.45) is 0 Å². The van der Waals surface area contributed by atoms with Crippen LogP contribution in [-0.2, 0) is 11.4 Å². The second kappa shape index (κ2) is 11.7. The number of carboxylic acids is 1. The number of hydrogen-bond acceptors (Lipinski definition) is 3. The first-order chi connectivity index (χ1) is 9.06. The van der Waals surface area contributed by atoms with Gasteiger partial charge in [-0.3, -0.25) is 4.79 Å². The summed E-state index contributed by atoms with van der Waals surface area (Å²) in [5, 5.41) is 24.9. The fourth-order valence-electron chi connectivity index (χ4n) is 1.66. The summed E-state index contributed by atoms with van der Waals surface area (Å²) in [6, 6.07) is 9.52. The number of hydrogen-bond donors (Lipinski definition) is 3.